The number of methoxy groups -OCH3 is 1. The third-order valence-corrected chi connectivity index (χ3v) is 4.04. The zero-order chi connectivity index (χ0) is 16.4. The molecule has 5 nitrogen and oxygen atoms in total. The third kappa shape index (κ3) is 2.83. The summed E-state index contributed by atoms with van der Waals surface area (Å²) in [5, 5.41) is 17.5. The molecule has 1 heterocycles. The maximum Gasteiger partial charge on any atom is 0.329 e. The number of rotatable bonds is 4. The second kappa shape index (κ2) is 6.44. The molecule has 1 aliphatic heterocycles. The number of nitrogens with zero attached hydrogens (tertiary/aromatic N) is 1. The molecule has 0 saturated carbocycles. The van der Waals surface area contributed by atoms with Gasteiger partial charge < -0.3 is 15.3 Å². The lowest BCUT2D eigenvalue weighted by molar-refractivity contribution is -0.139. The van der Waals surface area contributed by atoms with Crippen LogP contribution in [0.4, 0.5) is 4.39 Å². The third-order valence-electron chi connectivity index (χ3n) is 3.74. The molecule has 0 aliphatic carbocycles. The molecule has 1 aromatic rings. The van der Waals surface area contributed by atoms with Gasteiger partial charge in [0, 0.05) is 23.6 Å². The minimum atomic E-state index is -1.12. The van der Waals surface area contributed by atoms with Crippen molar-refractivity contribution in [3.05, 3.63) is 28.5 Å². The molecule has 0 fully saturated rings. The Hall–Kier alpha value is -1.95. The summed E-state index contributed by atoms with van der Waals surface area (Å²) in [6.45, 7) is 1.81. The van der Waals surface area contributed by atoms with Gasteiger partial charge in [0.2, 0.25) is 0 Å². The maximum atomic E-state index is 14.4. The molecule has 2 rings (SSSR count). The van der Waals surface area contributed by atoms with Crippen LogP contribution in [-0.4, -0.2) is 35.7 Å². The lowest BCUT2D eigenvalue weighted by atomic mass is 9.84. The van der Waals surface area contributed by atoms with Crippen LogP contribution in [0.2, 0.25) is 5.02 Å². The average Bonchev–Trinajstić information content (AvgIpc) is 2.46. The quantitative estimate of drug-likeness (QED) is 0.891. The Balaban J connectivity index is 2.53. The Kier molecular flexibility index (Phi) is 4.81. The van der Waals surface area contributed by atoms with Crippen molar-refractivity contribution in [1.82, 2.24) is 0 Å². The van der Waals surface area contributed by atoms with Gasteiger partial charge in [0.15, 0.2) is 17.6 Å². The molecule has 118 valence electrons. The Morgan fingerprint density at radius 1 is 1.59 bits per heavy atom. The number of aliphatic imine (C=N–C) groups is 1. The first-order chi connectivity index (χ1) is 10.4. The number of carbonyl (C=O) groups is 1. The number of halogens is 2. The fraction of sp³-hybridized carbons (Fsp3) is 0.400. The lowest BCUT2D eigenvalue weighted by Crippen LogP contribution is -2.39. The average molecular weight is 327 g/mol. The number of carboxylic acid groups (broad SMARTS) is 1. The smallest absolute Gasteiger partial charge is 0.329 e. The van der Waals surface area contributed by atoms with Gasteiger partial charge in [0.1, 0.15) is 0 Å². The second-order valence-electron chi connectivity index (χ2n) is 5.02. The van der Waals surface area contributed by atoms with Crippen molar-refractivity contribution in [2.45, 2.75) is 25.8 Å². The molecule has 0 amide bonds. The summed E-state index contributed by atoms with van der Waals surface area (Å²) in [5.74, 6) is -2.38. The summed E-state index contributed by atoms with van der Waals surface area (Å²) >= 11 is 5.85. The first-order valence-corrected chi connectivity index (χ1v) is 7.17. The number of carboxylic acids is 1. The van der Waals surface area contributed by atoms with E-state index in [9.17, 15) is 14.3 Å². The van der Waals surface area contributed by atoms with Gasteiger partial charge >= 0.3 is 5.97 Å². The van der Waals surface area contributed by atoms with E-state index in [2.05, 4.69) is 4.99 Å². The molecular formula is C15H16ClFN2O3. The second-order valence-corrected chi connectivity index (χ2v) is 5.43. The van der Waals surface area contributed by atoms with E-state index in [0.717, 1.165) is 0 Å². The first-order valence-electron chi connectivity index (χ1n) is 6.79. The van der Waals surface area contributed by atoms with Crippen molar-refractivity contribution in [2.75, 3.05) is 7.11 Å². The van der Waals surface area contributed by atoms with Gasteiger partial charge in [-0.15, -0.1) is 0 Å². The van der Waals surface area contributed by atoms with E-state index < -0.39 is 23.7 Å². The van der Waals surface area contributed by atoms with E-state index in [-0.39, 0.29) is 34.2 Å². The van der Waals surface area contributed by atoms with Gasteiger partial charge in [0.05, 0.1) is 17.8 Å². The van der Waals surface area contributed by atoms with Crippen molar-refractivity contribution in [2.24, 2.45) is 10.9 Å². The van der Waals surface area contributed by atoms with E-state index >= 15 is 0 Å². The van der Waals surface area contributed by atoms with Gasteiger partial charge in [0.25, 0.3) is 0 Å². The van der Waals surface area contributed by atoms with Gasteiger partial charge in [-0.3, -0.25) is 4.99 Å². The number of hydrogen-bond acceptors (Lipinski definition) is 4. The summed E-state index contributed by atoms with van der Waals surface area (Å²) in [6.07, 6.45) is 0.614. The number of ether oxygens (including phenoxy) is 1. The highest BCUT2D eigenvalue weighted by molar-refractivity contribution is 6.32. The largest absolute Gasteiger partial charge is 0.492 e. The molecule has 0 bridgehead atoms. The Morgan fingerprint density at radius 2 is 2.27 bits per heavy atom. The molecule has 7 heteroatoms. The highest BCUT2D eigenvalue weighted by Gasteiger charge is 2.35. The zero-order valence-corrected chi connectivity index (χ0v) is 12.9. The Morgan fingerprint density at radius 3 is 2.82 bits per heavy atom. The molecule has 0 radical (unpaired) electrons. The maximum absolute atomic E-state index is 14.4. The molecule has 0 saturated heterocycles. The summed E-state index contributed by atoms with van der Waals surface area (Å²) in [5.41, 5.74) is 0.592. The Bertz CT molecular complexity index is 660. The molecule has 22 heavy (non-hydrogen) atoms. The van der Waals surface area contributed by atoms with Crippen LogP contribution in [0.1, 0.15) is 25.3 Å². The lowest BCUT2D eigenvalue weighted by Gasteiger charge is -2.27. The van der Waals surface area contributed by atoms with Crippen LogP contribution in [0.15, 0.2) is 17.1 Å². The fourth-order valence-electron chi connectivity index (χ4n) is 2.61. The van der Waals surface area contributed by atoms with Crippen molar-refractivity contribution < 1.29 is 19.0 Å². The molecule has 2 N–H and O–H groups in total. The van der Waals surface area contributed by atoms with Crippen molar-refractivity contribution >= 4 is 29.0 Å². The molecule has 2 unspecified atom stereocenters. The zero-order valence-electron chi connectivity index (χ0n) is 12.2. The summed E-state index contributed by atoms with van der Waals surface area (Å²) in [4.78, 5) is 15.5. The van der Waals surface area contributed by atoms with Crippen molar-refractivity contribution in [3.63, 3.8) is 0 Å². The molecule has 0 spiro atoms. The monoisotopic (exact) mass is 326 g/mol. The van der Waals surface area contributed by atoms with E-state index in [1.165, 1.54) is 19.2 Å². The van der Waals surface area contributed by atoms with Gasteiger partial charge in [-0.05, 0) is 18.6 Å². The normalized spacial score (nSPS) is 21.5. The van der Waals surface area contributed by atoms with Crippen molar-refractivity contribution in [3.8, 4) is 5.75 Å². The molecule has 2 atom stereocenters. The van der Waals surface area contributed by atoms with E-state index in [1.807, 2.05) is 6.92 Å². The Labute approximate surface area is 132 Å². The van der Waals surface area contributed by atoms with Crippen LogP contribution in [0.3, 0.4) is 0 Å². The minimum Gasteiger partial charge on any atom is -0.492 e. The number of benzene rings is 1. The van der Waals surface area contributed by atoms with Gasteiger partial charge in [-0.2, -0.15) is 0 Å². The fourth-order valence-corrected chi connectivity index (χ4v) is 2.83. The van der Waals surface area contributed by atoms with E-state index in [4.69, 9.17) is 21.7 Å². The van der Waals surface area contributed by atoms with Gasteiger partial charge in [-0.1, -0.05) is 18.5 Å². The molecule has 0 aromatic heterocycles. The van der Waals surface area contributed by atoms with E-state index in [1.54, 1.807) is 0 Å². The van der Waals surface area contributed by atoms with E-state index in [0.29, 0.717) is 6.42 Å². The number of hydrogen-bond donors (Lipinski definition) is 2. The predicted octanol–water partition coefficient (Wildman–Crippen LogP) is 3.18. The van der Waals surface area contributed by atoms with Crippen LogP contribution in [0.25, 0.3) is 0 Å². The van der Waals surface area contributed by atoms with Crippen molar-refractivity contribution in [1.29, 1.82) is 5.41 Å². The molecule has 1 aromatic carbocycles. The molecular weight excluding hydrogens is 311 g/mol. The summed E-state index contributed by atoms with van der Waals surface area (Å²) < 4.78 is 19.4. The highest BCUT2D eigenvalue weighted by atomic mass is 35.5. The van der Waals surface area contributed by atoms with Crippen LogP contribution < -0.4 is 4.74 Å². The minimum absolute atomic E-state index is 0.113. The standard InChI is InChI=1S/C15H16ClFN2O3/c1-3-7-10(18)6-11(19-13(7)15(20)21)8-4-5-9(16)14(22-2)12(8)17/h4-5,7,13,18H,3,6H2,1-2H3,(H,20,21). The number of nitrogens with one attached hydrogen (secondary N) is 1. The predicted molar refractivity (Wildman–Crippen MR) is 82.0 cm³/mol. The van der Waals surface area contributed by atoms with Crippen LogP contribution in [0.5, 0.6) is 5.75 Å². The molecule has 1 aliphatic rings. The van der Waals surface area contributed by atoms with Gasteiger partial charge in [-0.25, -0.2) is 9.18 Å². The summed E-state index contributed by atoms with van der Waals surface area (Å²) in [6, 6.07) is 1.83. The first kappa shape index (κ1) is 16.4. The SMILES string of the molecule is CCC1C(=N)CC(c2ccc(Cl)c(OC)c2F)=NC1C(=O)O. The summed E-state index contributed by atoms with van der Waals surface area (Å²) in [7, 11) is 1.30. The van der Waals surface area contributed by atoms with Crippen LogP contribution >= 0.6 is 11.6 Å². The highest BCUT2D eigenvalue weighted by Crippen LogP contribution is 2.32. The van der Waals surface area contributed by atoms with Crippen LogP contribution in [0, 0.1) is 17.1 Å². The topological polar surface area (TPSA) is 82.7 Å². The number of aliphatic carboxylic acids is 1. The van der Waals surface area contributed by atoms with Crippen LogP contribution in [-0.2, 0) is 4.79 Å².